The van der Waals surface area contributed by atoms with Crippen LogP contribution < -0.4 is 9.64 Å². The minimum absolute atomic E-state index is 0.460. The average molecular weight is 359 g/mol. The topological polar surface area (TPSA) is 41.5 Å². The Morgan fingerprint density at radius 2 is 1.96 bits per heavy atom. The number of anilines is 1. The van der Waals surface area contributed by atoms with Gasteiger partial charge < -0.3 is 9.64 Å². The number of halogens is 1. The van der Waals surface area contributed by atoms with E-state index in [0.717, 1.165) is 44.4 Å². The summed E-state index contributed by atoms with van der Waals surface area (Å²) < 4.78 is 5.96. The summed E-state index contributed by atoms with van der Waals surface area (Å²) in [5.41, 5.74) is 0. The second-order valence-electron chi connectivity index (χ2n) is 6.86. The summed E-state index contributed by atoms with van der Waals surface area (Å²) in [7, 11) is 0. The van der Waals surface area contributed by atoms with E-state index >= 15 is 0 Å². The fourth-order valence-electron chi connectivity index (χ4n) is 3.82. The SMILES string of the molecule is Clc1cncc(N2CCN3CC(COc4ccccc4)CCC3C2)n1. The molecular formula is C19H23ClN4O. The third kappa shape index (κ3) is 4.05. The molecule has 5 nitrogen and oxygen atoms in total. The molecule has 1 aromatic heterocycles. The van der Waals surface area contributed by atoms with Gasteiger partial charge in [-0.05, 0) is 25.0 Å². The Balaban J connectivity index is 1.31. The molecule has 0 radical (unpaired) electrons. The van der Waals surface area contributed by atoms with Crippen LogP contribution in [0.4, 0.5) is 5.82 Å². The first-order chi connectivity index (χ1) is 12.3. The van der Waals surface area contributed by atoms with E-state index in [9.17, 15) is 0 Å². The molecule has 2 saturated heterocycles. The summed E-state index contributed by atoms with van der Waals surface area (Å²) in [6.07, 6.45) is 5.80. The molecule has 2 atom stereocenters. The molecule has 0 bridgehead atoms. The molecule has 0 amide bonds. The van der Waals surface area contributed by atoms with E-state index in [1.807, 2.05) is 30.3 Å². The number of rotatable bonds is 4. The highest BCUT2D eigenvalue weighted by Gasteiger charge is 2.33. The Hall–Kier alpha value is -1.85. The van der Waals surface area contributed by atoms with Gasteiger partial charge >= 0.3 is 0 Å². The second-order valence-corrected chi connectivity index (χ2v) is 7.25. The first-order valence-corrected chi connectivity index (χ1v) is 9.30. The van der Waals surface area contributed by atoms with Crippen LogP contribution in [-0.2, 0) is 0 Å². The zero-order chi connectivity index (χ0) is 17.1. The van der Waals surface area contributed by atoms with Gasteiger partial charge in [-0.25, -0.2) is 4.98 Å². The van der Waals surface area contributed by atoms with Crippen LogP contribution >= 0.6 is 11.6 Å². The van der Waals surface area contributed by atoms with Gasteiger partial charge in [-0.3, -0.25) is 9.88 Å². The Morgan fingerprint density at radius 1 is 1.08 bits per heavy atom. The van der Waals surface area contributed by atoms with Gasteiger partial charge in [0.2, 0.25) is 0 Å². The van der Waals surface area contributed by atoms with E-state index < -0.39 is 0 Å². The number of hydrogen-bond acceptors (Lipinski definition) is 5. The molecule has 4 rings (SSSR count). The summed E-state index contributed by atoms with van der Waals surface area (Å²) in [6, 6.07) is 10.7. The maximum Gasteiger partial charge on any atom is 0.149 e. The normalized spacial score (nSPS) is 24.0. The summed E-state index contributed by atoms with van der Waals surface area (Å²) in [6.45, 7) is 4.95. The third-order valence-corrected chi connectivity index (χ3v) is 5.33. The lowest BCUT2D eigenvalue weighted by atomic mass is 9.91. The third-order valence-electron chi connectivity index (χ3n) is 5.15. The molecule has 25 heavy (non-hydrogen) atoms. The van der Waals surface area contributed by atoms with Gasteiger partial charge in [-0.15, -0.1) is 0 Å². The number of nitrogens with zero attached hydrogens (tertiary/aromatic N) is 4. The predicted octanol–water partition coefficient (Wildman–Crippen LogP) is 3.11. The molecule has 2 fully saturated rings. The number of hydrogen-bond donors (Lipinski definition) is 0. The van der Waals surface area contributed by atoms with Crippen molar-refractivity contribution in [2.75, 3.05) is 37.7 Å². The van der Waals surface area contributed by atoms with Crippen LogP contribution in [0.25, 0.3) is 0 Å². The summed E-state index contributed by atoms with van der Waals surface area (Å²) in [4.78, 5) is 13.5. The van der Waals surface area contributed by atoms with Gasteiger partial charge in [-0.2, -0.15) is 0 Å². The lowest BCUT2D eigenvalue weighted by Crippen LogP contribution is -2.57. The average Bonchev–Trinajstić information content (AvgIpc) is 2.66. The molecule has 2 aliphatic heterocycles. The van der Waals surface area contributed by atoms with Gasteiger partial charge in [0.05, 0.1) is 19.0 Å². The smallest absolute Gasteiger partial charge is 0.149 e. The van der Waals surface area contributed by atoms with Crippen molar-refractivity contribution in [1.29, 1.82) is 0 Å². The van der Waals surface area contributed by atoms with E-state index in [4.69, 9.17) is 16.3 Å². The minimum Gasteiger partial charge on any atom is -0.493 e. The first-order valence-electron chi connectivity index (χ1n) is 8.92. The monoisotopic (exact) mass is 358 g/mol. The summed E-state index contributed by atoms with van der Waals surface area (Å²) in [5.74, 6) is 2.46. The van der Waals surface area contributed by atoms with E-state index in [-0.39, 0.29) is 0 Å². The van der Waals surface area contributed by atoms with Crippen molar-refractivity contribution in [2.24, 2.45) is 5.92 Å². The number of ether oxygens (including phenoxy) is 1. The molecule has 2 unspecified atom stereocenters. The maximum absolute atomic E-state index is 5.98. The molecule has 6 heteroatoms. The number of aromatic nitrogens is 2. The van der Waals surface area contributed by atoms with Gasteiger partial charge in [0.1, 0.15) is 16.7 Å². The lowest BCUT2D eigenvalue weighted by Gasteiger charge is -2.46. The zero-order valence-electron chi connectivity index (χ0n) is 14.2. The van der Waals surface area contributed by atoms with Gasteiger partial charge in [0.25, 0.3) is 0 Å². The minimum atomic E-state index is 0.460. The fourth-order valence-corrected chi connectivity index (χ4v) is 3.96. The number of benzene rings is 1. The highest BCUT2D eigenvalue weighted by molar-refractivity contribution is 6.29. The van der Waals surface area contributed by atoms with Gasteiger partial charge in [0, 0.05) is 38.1 Å². The van der Waals surface area contributed by atoms with Crippen molar-refractivity contribution in [3.8, 4) is 5.75 Å². The number of fused-ring (bicyclic) bond motifs is 1. The number of piperazine rings is 1. The van der Waals surface area contributed by atoms with Crippen molar-refractivity contribution in [1.82, 2.24) is 14.9 Å². The first kappa shape index (κ1) is 16.6. The molecule has 0 aliphatic carbocycles. The molecule has 2 aromatic rings. The van der Waals surface area contributed by atoms with Crippen molar-refractivity contribution in [3.63, 3.8) is 0 Å². The Labute approximate surface area is 153 Å². The van der Waals surface area contributed by atoms with Crippen LogP contribution in [0, 0.1) is 5.92 Å². The van der Waals surface area contributed by atoms with Crippen molar-refractivity contribution >= 4 is 17.4 Å². The standard InChI is InChI=1S/C19H23ClN4O/c20-18-10-21-11-19(22-18)24-9-8-23-12-15(6-7-16(23)13-24)14-25-17-4-2-1-3-5-17/h1-5,10-11,15-16H,6-9,12-14H2. The van der Waals surface area contributed by atoms with Crippen LogP contribution in [0.5, 0.6) is 5.75 Å². The number of para-hydroxylation sites is 1. The largest absolute Gasteiger partial charge is 0.493 e. The lowest BCUT2D eigenvalue weighted by molar-refractivity contribution is 0.0727. The molecule has 0 N–H and O–H groups in total. The van der Waals surface area contributed by atoms with E-state index in [2.05, 4.69) is 19.8 Å². The highest BCUT2D eigenvalue weighted by Crippen LogP contribution is 2.27. The van der Waals surface area contributed by atoms with Crippen LogP contribution in [0.1, 0.15) is 12.8 Å². The van der Waals surface area contributed by atoms with Crippen molar-refractivity contribution in [2.45, 2.75) is 18.9 Å². The Kier molecular flexibility index (Phi) is 5.04. The zero-order valence-corrected chi connectivity index (χ0v) is 15.0. The molecule has 0 spiro atoms. The van der Waals surface area contributed by atoms with Crippen molar-refractivity contribution in [3.05, 3.63) is 47.9 Å². The van der Waals surface area contributed by atoms with Crippen LogP contribution in [0.15, 0.2) is 42.7 Å². The molecule has 0 saturated carbocycles. The van der Waals surface area contributed by atoms with E-state index in [0.29, 0.717) is 17.1 Å². The Bertz CT molecular complexity index is 699. The van der Waals surface area contributed by atoms with Crippen LogP contribution in [-0.4, -0.2) is 53.7 Å². The van der Waals surface area contributed by atoms with Crippen LogP contribution in [0.2, 0.25) is 5.15 Å². The Morgan fingerprint density at radius 3 is 2.80 bits per heavy atom. The molecule has 2 aliphatic rings. The summed E-state index contributed by atoms with van der Waals surface area (Å²) >= 11 is 5.98. The fraction of sp³-hybridized carbons (Fsp3) is 0.474. The molecule has 3 heterocycles. The maximum atomic E-state index is 5.98. The van der Waals surface area contributed by atoms with E-state index in [1.165, 1.54) is 12.8 Å². The van der Waals surface area contributed by atoms with Gasteiger partial charge in [0.15, 0.2) is 0 Å². The molecule has 132 valence electrons. The van der Waals surface area contributed by atoms with E-state index in [1.54, 1.807) is 12.4 Å². The highest BCUT2D eigenvalue weighted by atomic mass is 35.5. The molecular weight excluding hydrogens is 336 g/mol. The number of piperidine rings is 1. The predicted molar refractivity (Wildman–Crippen MR) is 99.3 cm³/mol. The van der Waals surface area contributed by atoms with Crippen molar-refractivity contribution < 1.29 is 4.74 Å². The van der Waals surface area contributed by atoms with Crippen LogP contribution in [0.3, 0.4) is 0 Å². The molecule has 1 aromatic carbocycles. The second kappa shape index (κ2) is 7.58. The quantitative estimate of drug-likeness (QED) is 0.840. The summed E-state index contributed by atoms with van der Waals surface area (Å²) in [5, 5.41) is 0.460. The van der Waals surface area contributed by atoms with Gasteiger partial charge in [-0.1, -0.05) is 29.8 Å².